The van der Waals surface area contributed by atoms with E-state index in [2.05, 4.69) is 22.5 Å². The normalized spacial score (nSPS) is 11.3. The first-order valence-corrected chi connectivity index (χ1v) is 8.77. The third-order valence-corrected chi connectivity index (χ3v) is 4.18. The molecule has 2 N–H and O–H groups in total. The van der Waals surface area contributed by atoms with Crippen LogP contribution in [0.1, 0.15) is 31.2 Å². The van der Waals surface area contributed by atoms with Gasteiger partial charge in [-0.25, -0.2) is 13.6 Å². The van der Waals surface area contributed by atoms with Crippen molar-refractivity contribution in [2.45, 2.75) is 37.5 Å². The van der Waals surface area contributed by atoms with Gasteiger partial charge < -0.3 is 4.74 Å². The molecule has 0 atom stereocenters. The molecule has 0 spiro atoms. The number of unbranched alkanes of at least 4 members (excludes halogenated alkanes) is 3. The van der Waals surface area contributed by atoms with Crippen molar-refractivity contribution < 1.29 is 13.2 Å². The molecular weight excluding hydrogens is 342 g/mol. The van der Waals surface area contributed by atoms with Crippen molar-refractivity contribution in [3.05, 3.63) is 34.8 Å². The lowest BCUT2D eigenvalue weighted by Gasteiger charge is -2.13. The van der Waals surface area contributed by atoms with Crippen LogP contribution in [0.25, 0.3) is 0 Å². The maximum atomic E-state index is 11.6. The van der Waals surface area contributed by atoms with Crippen LogP contribution in [-0.2, 0) is 10.0 Å². The molecule has 0 amide bonds. The van der Waals surface area contributed by atoms with Gasteiger partial charge in [-0.15, -0.1) is 6.58 Å². The Bertz CT molecular complexity index is 570. The summed E-state index contributed by atoms with van der Waals surface area (Å²) < 4.78 is 29.5. The lowest BCUT2D eigenvalue weighted by Crippen LogP contribution is -2.15. The van der Waals surface area contributed by atoms with Crippen molar-refractivity contribution in [3.8, 4) is 5.75 Å². The third kappa shape index (κ3) is 5.26. The summed E-state index contributed by atoms with van der Waals surface area (Å²) in [6.45, 7) is 5.94. The molecule has 0 saturated heterocycles. The number of allylic oxidation sites excluding steroid dienone is 1. The maximum absolute atomic E-state index is 11.6. The van der Waals surface area contributed by atoms with Crippen molar-refractivity contribution in [1.82, 2.24) is 0 Å². The summed E-state index contributed by atoms with van der Waals surface area (Å²) in [5.74, 6) is 0.347. The largest absolute Gasteiger partial charge is 0.492 e. The van der Waals surface area contributed by atoms with Crippen LogP contribution in [0.2, 0.25) is 0 Å². The Morgan fingerprint density at radius 3 is 2.65 bits per heavy atom. The molecule has 0 unspecified atom stereocenters. The van der Waals surface area contributed by atoms with Crippen LogP contribution in [0.15, 0.2) is 34.2 Å². The minimum Gasteiger partial charge on any atom is -0.492 e. The Balaban J connectivity index is 2.76. The number of sulfonamides is 1. The van der Waals surface area contributed by atoms with Gasteiger partial charge in [0.2, 0.25) is 10.0 Å². The fourth-order valence-electron chi connectivity index (χ4n) is 1.84. The first kappa shape index (κ1) is 17.2. The minimum absolute atomic E-state index is 0.0236. The molecule has 112 valence electrons. The van der Waals surface area contributed by atoms with Crippen molar-refractivity contribution in [3.63, 3.8) is 0 Å². The quantitative estimate of drug-likeness (QED) is 0.568. The first-order chi connectivity index (χ1) is 9.36. The Kier molecular flexibility index (Phi) is 6.71. The highest BCUT2D eigenvalue weighted by atomic mass is 79.9. The van der Waals surface area contributed by atoms with E-state index in [1.54, 1.807) is 6.92 Å². The third-order valence-electron chi connectivity index (χ3n) is 2.81. The van der Waals surface area contributed by atoms with E-state index in [1.165, 1.54) is 6.07 Å². The maximum Gasteiger partial charge on any atom is 0.241 e. The highest BCUT2D eigenvalue weighted by molar-refractivity contribution is 9.10. The molecule has 1 aromatic carbocycles. The van der Waals surface area contributed by atoms with E-state index >= 15 is 0 Å². The van der Waals surface area contributed by atoms with E-state index in [4.69, 9.17) is 9.88 Å². The molecule has 0 radical (unpaired) electrons. The number of nitrogens with two attached hydrogens (primary N) is 1. The lowest BCUT2D eigenvalue weighted by atomic mass is 10.2. The van der Waals surface area contributed by atoms with E-state index in [9.17, 15) is 8.42 Å². The standard InChI is InChI=1S/C14H20BrNO3S/c1-3-4-5-6-7-8-19-14-11(2)9-12(15)10-13(14)20(16,17)18/h3,9-10H,1,4-8H2,2H3,(H2,16,17,18). The molecule has 0 bridgehead atoms. The summed E-state index contributed by atoms with van der Waals surface area (Å²) in [7, 11) is -3.80. The van der Waals surface area contributed by atoms with Crippen LogP contribution in [0.3, 0.4) is 0 Å². The molecule has 4 nitrogen and oxygen atoms in total. The topological polar surface area (TPSA) is 69.4 Å². The molecule has 0 aliphatic rings. The highest BCUT2D eigenvalue weighted by Crippen LogP contribution is 2.31. The average Bonchev–Trinajstić information content (AvgIpc) is 2.34. The first-order valence-electron chi connectivity index (χ1n) is 6.43. The van der Waals surface area contributed by atoms with Gasteiger partial charge in [0, 0.05) is 4.47 Å². The summed E-state index contributed by atoms with van der Waals surface area (Å²) in [5.41, 5.74) is 0.745. The molecule has 0 heterocycles. The average molecular weight is 362 g/mol. The second-order valence-electron chi connectivity index (χ2n) is 4.58. The highest BCUT2D eigenvalue weighted by Gasteiger charge is 2.18. The number of rotatable bonds is 8. The van der Waals surface area contributed by atoms with Crippen molar-refractivity contribution in [2.24, 2.45) is 5.14 Å². The van der Waals surface area contributed by atoms with Crippen LogP contribution in [0.5, 0.6) is 5.75 Å². The molecule has 20 heavy (non-hydrogen) atoms. The van der Waals surface area contributed by atoms with Crippen molar-refractivity contribution >= 4 is 26.0 Å². The van der Waals surface area contributed by atoms with E-state index in [-0.39, 0.29) is 4.90 Å². The summed E-state index contributed by atoms with van der Waals surface area (Å²) in [6.07, 6.45) is 5.83. The zero-order valence-corrected chi connectivity index (χ0v) is 14.0. The summed E-state index contributed by atoms with van der Waals surface area (Å²) in [4.78, 5) is 0.0236. The number of hydrogen-bond donors (Lipinski definition) is 1. The summed E-state index contributed by atoms with van der Waals surface area (Å²) in [6, 6.07) is 3.27. The molecule has 0 aromatic heterocycles. The Hall–Kier alpha value is -0.850. The van der Waals surface area contributed by atoms with Gasteiger partial charge in [0.15, 0.2) is 0 Å². The SMILES string of the molecule is C=CCCCCCOc1c(C)cc(Br)cc1S(N)(=O)=O. The number of benzene rings is 1. The van der Waals surface area contributed by atoms with Gasteiger partial charge in [-0.05, 0) is 50.3 Å². The van der Waals surface area contributed by atoms with Crippen LogP contribution in [0.4, 0.5) is 0 Å². The second kappa shape index (κ2) is 7.81. The molecule has 0 fully saturated rings. The Labute approximate surface area is 129 Å². The number of ether oxygens (including phenoxy) is 1. The van der Waals surface area contributed by atoms with E-state index < -0.39 is 10.0 Å². The predicted molar refractivity (Wildman–Crippen MR) is 84.4 cm³/mol. The molecule has 6 heteroatoms. The Morgan fingerprint density at radius 2 is 2.05 bits per heavy atom. The zero-order chi connectivity index (χ0) is 15.2. The van der Waals surface area contributed by atoms with Gasteiger partial charge >= 0.3 is 0 Å². The number of aryl methyl sites for hydroxylation is 1. The zero-order valence-electron chi connectivity index (χ0n) is 11.6. The van der Waals surface area contributed by atoms with E-state index in [1.807, 2.05) is 12.1 Å². The summed E-state index contributed by atoms with van der Waals surface area (Å²) >= 11 is 3.26. The van der Waals surface area contributed by atoms with E-state index in [0.29, 0.717) is 16.8 Å². The molecule has 0 aliphatic heterocycles. The van der Waals surface area contributed by atoms with Gasteiger partial charge in [0.1, 0.15) is 10.6 Å². The number of primary sulfonamides is 1. The van der Waals surface area contributed by atoms with E-state index in [0.717, 1.165) is 31.2 Å². The van der Waals surface area contributed by atoms with Gasteiger partial charge in [-0.3, -0.25) is 0 Å². The molecule has 0 saturated carbocycles. The van der Waals surface area contributed by atoms with Gasteiger partial charge in [-0.2, -0.15) is 0 Å². The monoisotopic (exact) mass is 361 g/mol. The van der Waals surface area contributed by atoms with Crippen LogP contribution in [-0.4, -0.2) is 15.0 Å². The van der Waals surface area contributed by atoms with Gasteiger partial charge in [-0.1, -0.05) is 22.0 Å². The fraction of sp³-hybridized carbons (Fsp3) is 0.429. The number of halogens is 1. The molecule has 1 aromatic rings. The number of hydrogen-bond acceptors (Lipinski definition) is 3. The van der Waals surface area contributed by atoms with Gasteiger partial charge in [0.25, 0.3) is 0 Å². The summed E-state index contributed by atoms with van der Waals surface area (Å²) in [5, 5.41) is 5.23. The van der Waals surface area contributed by atoms with Crippen LogP contribution < -0.4 is 9.88 Å². The van der Waals surface area contributed by atoms with Crippen LogP contribution >= 0.6 is 15.9 Å². The van der Waals surface area contributed by atoms with Crippen molar-refractivity contribution in [2.75, 3.05) is 6.61 Å². The van der Waals surface area contributed by atoms with Crippen LogP contribution in [0, 0.1) is 6.92 Å². The fourth-order valence-corrected chi connectivity index (χ4v) is 3.33. The minimum atomic E-state index is -3.80. The Morgan fingerprint density at radius 1 is 1.35 bits per heavy atom. The molecular formula is C14H20BrNO3S. The van der Waals surface area contributed by atoms with Crippen molar-refractivity contribution in [1.29, 1.82) is 0 Å². The predicted octanol–water partition coefficient (Wildman–Crippen LogP) is 3.53. The molecule has 1 rings (SSSR count). The smallest absolute Gasteiger partial charge is 0.241 e. The van der Waals surface area contributed by atoms with Gasteiger partial charge in [0.05, 0.1) is 6.61 Å². The second-order valence-corrected chi connectivity index (χ2v) is 7.03. The lowest BCUT2D eigenvalue weighted by molar-refractivity contribution is 0.296. The molecule has 0 aliphatic carbocycles.